The maximum absolute atomic E-state index is 9.50. The molecule has 0 aromatic heterocycles. The lowest BCUT2D eigenvalue weighted by Gasteiger charge is -2.28. The van der Waals surface area contributed by atoms with Crippen LogP contribution in [0.25, 0.3) is 0 Å². The monoisotopic (exact) mass is 1680 g/mol. The molecule has 0 amide bonds. The highest BCUT2D eigenvalue weighted by Crippen LogP contribution is 2.63. The Morgan fingerprint density at radius 3 is 0.617 bits per heavy atom. The summed E-state index contributed by atoms with van der Waals surface area (Å²) in [5.41, 5.74) is 0. The quantitative estimate of drug-likeness (QED) is 0.0210. The van der Waals surface area contributed by atoms with Crippen LogP contribution < -0.4 is 31.8 Å². The van der Waals surface area contributed by atoms with E-state index in [1.807, 2.05) is 0 Å². The number of benzene rings is 6. The van der Waals surface area contributed by atoms with Crippen molar-refractivity contribution in [2.75, 3.05) is 132 Å². The SMILES string of the molecule is C=CC[P+](CC=C)(CC=C)CCC[SiH3].CCCC[P+](CCCC)(CCCC)CCC[SiH3].CCC[P+](CCC)(CCC)CCC[SiH3].CC[P+](CC)(CC)CCC[SiH3].CF.COC.[SiH3]CCC[P+](c1ccccc1)(c1ccccc1)c1ccccc1.[SiH3]CCC[P+](c1ccccc1)(c1ccccc1)c1ccccc1. The third kappa shape index (κ3) is 42.5. The minimum Gasteiger partial charge on any atom is -0.388 e. The number of unbranched alkanes of at least 4 members (excludes halogenated alkanes) is 3. The minimum absolute atomic E-state index is 0.433. The maximum atomic E-state index is 9.50. The first kappa shape index (κ1) is 107. The fourth-order valence-electron chi connectivity index (χ4n) is 15.2. The largest absolute Gasteiger partial charge is 0.388 e. The van der Waals surface area contributed by atoms with Crippen molar-refractivity contribution in [3.63, 3.8) is 0 Å². The van der Waals surface area contributed by atoms with Crippen LogP contribution in [-0.4, -0.2) is 194 Å². The highest BCUT2D eigenvalue weighted by Gasteiger charge is 2.46. The molecule has 0 aliphatic rings. The van der Waals surface area contributed by atoms with Gasteiger partial charge in [-0.05, 0) is 171 Å². The fourth-order valence-corrected chi connectivity index (χ4v) is 47.3. The van der Waals surface area contributed by atoms with Crippen molar-refractivity contribution in [2.24, 2.45) is 0 Å². The number of rotatable bonds is 48. The summed E-state index contributed by atoms with van der Waals surface area (Å²) in [5.74, 6) is 0. The van der Waals surface area contributed by atoms with E-state index < -0.39 is 43.6 Å². The summed E-state index contributed by atoms with van der Waals surface area (Å²) in [6, 6.07) is 75.8. The summed E-state index contributed by atoms with van der Waals surface area (Å²) in [4.78, 5) is 0. The number of alkyl halides is 1. The van der Waals surface area contributed by atoms with Gasteiger partial charge >= 0.3 is 0 Å². The molecular weight excluding hydrogens is 1510 g/mol. The van der Waals surface area contributed by atoms with Crippen molar-refractivity contribution in [1.82, 2.24) is 0 Å². The van der Waals surface area contributed by atoms with E-state index >= 15 is 0 Å². The average molecular weight is 1680 g/mol. The lowest BCUT2D eigenvalue weighted by Crippen LogP contribution is -2.33. The molecule has 6 aromatic carbocycles. The Kier molecular flexibility index (Phi) is 71.1. The van der Waals surface area contributed by atoms with E-state index in [1.165, 1.54) is 268 Å². The molecule has 0 saturated heterocycles. The highest BCUT2D eigenvalue weighted by atomic mass is 31.2. The van der Waals surface area contributed by atoms with Crippen LogP contribution in [0, 0.1) is 0 Å². The summed E-state index contributed by atoms with van der Waals surface area (Å²) in [6.07, 6.45) is 54.4. The van der Waals surface area contributed by atoms with Crippen LogP contribution >= 0.6 is 43.6 Å². The Balaban J connectivity index is 0. The first-order chi connectivity index (χ1) is 52.1. The Morgan fingerprint density at radius 1 is 0.262 bits per heavy atom. The van der Waals surface area contributed by atoms with E-state index in [-0.39, 0.29) is 0 Å². The average Bonchev–Trinajstić information content (AvgIpc) is 0.766. The molecule has 0 heterocycles. The normalized spacial score (nSPS) is 11.4. The van der Waals surface area contributed by atoms with Gasteiger partial charge in [0.15, 0.2) is 0 Å². The van der Waals surface area contributed by atoms with Gasteiger partial charge in [-0.25, -0.2) is 0 Å². The second-order valence-corrected chi connectivity index (χ2v) is 61.1. The first-order valence-corrected chi connectivity index (χ1v) is 65.8. The minimum atomic E-state index is -1.55. The number of ether oxygens (including phenoxy) is 1. The van der Waals surface area contributed by atoms with E-state index in [0.717, 1.165) is 0 Å². The molecule has 1 nitrogen and oxygen atoms in total. The predicted molar refractivity (Wildman–Crippen MR) is 545 cm³/mol. The molecular formula is C93H171FOP6Si6+6. The van der Waals surface area contributed by atoms with E-state index in [0.29, 0.717) is 7.18 Å². The van der Waals surface area contributed by atoms with E-state index in [2.05, 4.69) is 287 Å². The van der Waals surface area contributed by atoms with Gasteiger partial charge in [0.2, 0.25) is 0 Å². The lowest BCUT2D eigenvalue weighted by atomic mass is 10.4. The van der Waals surface area contributed by atoms with Crippen molar-refractivity contribution in [3.8, 4) is 0 Å². The van der Waals surface area contributed by atoms with Crippen molar-refractivity contribution in [3.05, 3.63) is 220 Å². The van der Waals surface area contributed by atoms with Crippen LogP contribution in [0.1, 0.15) is 159 Å². The number of allylic oxidation sites excluding steroid dienone is 3. The number of halogens is 1. The van der Waals surface area contributed by atoms with Gasteiger partial charge in [-0.1, -0.05) is 244 Å². The molecule has 0 fully saturated rings. The van der Waals surface area contributed by atoms with Gasteiger partial charge in [-0.15, -0.1) is 0 Å². The molecule has 0 bridgehead atoms. The predicted octanol–water partition coefficient (Wildman–Crippen LogP) is 20.1. The lowest BCUT2D eigenvalue weighted by molar-refractivity contribution is 0.277. The van der Waals surface area contributed by atoms with Crippen molar-refractivity contribution >= 4 is 137 Å². The molecule has 107 heavy (non-hydrogen) atoms. The van der Waals surface area contributed by atoms with Crippen LogP contribution in [0.3, 0.4) is 0 Å². The standard InChI is InChI=1S/2C21H24PSi.C15H36PSi.C12H30PSi.C12H24PSi.C9H24PSi.C2H6O.CH3F/c2*23-18-10-17-22(19-11-4-1-5-12-19,20-13-6-2-7-14-20)21-15-8-3-9-16-21;1-4-7-11-16(12-8-5-2,13-9-6-3)14-10-15-17;2*1-4-8-13(9-5-2,10-6-3)11-7-12-14;1-4-10(5-2,6-3)8-7-9-11;1-3-2;1-2/h2*1-9,11-16H,10,17-18H2,23H3;4-15H2,1-3,17H3;4-12H2,1-3,14H3;4-6H,1-3,7-12H2,14H3;4-9H2,1-3,11H3;1-2H3;1H3/q6*+1;;. The number of methoxy groups -OCH3 is 1. The zero-order valence-corrected chi connectivity index (χ0v) is 90.6. The Labute approximate surface area is 687 Å². The second-order valence-electron chi connectivity index (χ2n) is 29.6. The summed E-state index contributed by atoms with van der Waals surface area (Å²) in [6.45, 7) is 33.1. The van der Waals surface area contributed by atoms with Crippen molar-refractivity contribution < 1.29 is 9.13 Å². The van der Waals surface area contributed by atoms with Gasteiger partial charge in [0, 0.05) is 105 Å². The molecule has 0 radical (unpaired) electrons. The van der Waals surface area contributed by atoms with Crippen LogP contribution in [0.4, 0.5) is 4.39 Å². The third-order valence-corrected chi connectivity index (χ3v) is 54.9. The van der Waals surface area contributed by atoms with Crippen LogP contribution in [0.15, 0.2) is 220 Å². The van der Waals surface area contributed by atoms with E-state index in [1.54, 1.807) is 82.5 Å². The number of hydrogen-bond donors (Lipinski definition) is 0. The Hall–Kier alpha value is -1.69. The highest BCUT2D eigenvalue weighted by molar-refractivity contribution is 7.96. The van der Waals surface area contributed by atoms with Gasteiger partial charge in [0.25, 0.3) is 0 Å². The molecule has 14 heteroatoms. The van der Waals surface area contributed by atoms with Gasteiger partial charge in [0.05, 0.1) is 118 Å². The summed E-state index contributed by atoms with van der Waals surface area (Å²) in [5, 5.41) is 9.04. The van der Waals surface area contributed by atoms with Gasteiger partial charge in [-0.2, -0.15) is 0 Å². The third-order valence-electron chi connectivity index (χ3n) is 21.4. The molecule has 0 N–H and O–H groups in total. The number of hydrogen-bond acceptors (Lipinski definition) is 1. The molecule has 0 atom stereocenters. The zero-order valence-electron chi connectivity index (χ0n) is 73.2. The van der Waals surface area contributed by atoms with Crippen molar-refractivity contribution in [1.29, 1.82) is 0 Å². The molecule has 0 saturated carbocycles. The fraction of sp³-hybridized carbons (Fsp3) is 0.548. The van der Waals surface area contributed by atoms with Gasteiger partial charge in [-0.3, -0.25) is 4.39 Å². The van der Waals surface area contributed by atoms with Crippen LogP contribution in [-0.2, 0) is 4.74 Å². The maximum Gasteiger partial charge on any atom is 0.112 e. The smallest absolute Gasteiger partial charge is 0.112 e. The molecule has 0 spiro atoms. The Bertz CT molecular complexity index is 2490. The second kappa shape index (κ2) is 70.9. The molecule has 604 valence electrons. The molecule has 0 aliphatic carbocycles. The zero-order chi connectivity index (χ0) is 80.1. The van der Waals surface area contributed by atoms with Crippen LogP contribution in [0.5, 0.6) is 0 Å². The topological polar surface area (TPSA) is 9.23 Å². The van der Waals surface area contributed by atoms with E-state index in [9.17, 15) is 4.39 Å². The molecule has 6 rings (SSSR count). The van der Waals surface area contributed by atoms with Gasteiger partial charge in [0.1, 0.15) is 46.4 Å². The Morgan fingerprint density at radius 2 is 0.439 bits per heavy atom. The molecule has 0 unspecified atom stereocenters. The van der Waals surface area contributed by atoms with Gasteiger partial charge < -0.3 is 4.74 Å². The molecule has 6 aromatic rings. The first-order valence-electron chi connectivity index (χ1n) is 43.2. The summed E-state index contributed by atoms with van der Waals surface area (Å²) < 4.78 is 13.8. The molecule has 0 aliphatic heterocycles. The van der Waals surface area contributed by atoms with Crippen LogP contribution in [0.2, 0.25) is 36.3 Å². The van der Waals surface area contributed by atoms with E-state index in [4.69, 9.17) is 0 Å². The summed E-state index contributed by atoms with van der Waals surface area (Å²) >= 11 is 0. The van der Waals surface area contributed by atoms with Crippen molar-refractivity contribution in [2.45, 2.75) is 195 Å². The summed E-state index contributed by atoms with van der Waals surface area (Å²) in [7, 11) is 6.49.